The first-order chi connectivity index (χ1) is 6.77. The number of aliphatic imine (C=N–C) groups is 1. The molecule has 0 aliphatic carbocycles. The van der Waals surface area contributed by atoms with Crippen LogP contribution in [0, 0.1) is 0 Å². The van der Waals surface area contributed by atoms with E-state index in [-0.39, 0.29) is 0 Å². The van der Waals surface area contributed by atoms with Crippen molar-refractivity contribution in [2.75, 3.05) is 6.54 Å². The lowest BCUT2D eigenvalue weighted by molar-refractivity contribution is 0.474. The monoisotopic (exact) mass is 187 g/mol. The molecule has 0 amide bonds. The van der Waals surface area contributed by atoms with Crippen LogP contribution in [0.3, 0.4) is 0 Å². The van der Waals surface area contributed by atoms with E-state index in [0.29, 0.717) is 5.75 Å². The predicted octanol–water partition coefficient (Wildman–Crippen LogP) is 2.64. The second kappa shape index (κ2) is 3.66. The van der Waals surface area contributed by atoms with E-state index in [0.717, 1.165) is 24.2 Å². The number of rotatable bonds is 1. The van der Waals surface area contributed by atoms with Gasteiger partial charge in [0.05, 0.1) is 0 Å². The zero-order valence-corrected chi connectivity index (χ0v) is 8.20. The van der Waals surface area contributed by atoms with Gasteiger partial charge in [-0.3, -0.25) is 4.99 Å². The van der Waals surface area contributed by atoms with E-state index >= 15 is 0 Å². The molecule has 0 atom stereocenters. The molecule has 2 rings (SSSR count). The van der Waals surface area contributed by atoms with Gasteiger partial charge in [-0.05, 0) is 31.1 Å². The minimum Gasteiger partial charge on any atom is -0.507 e. The molecule has 0 spiro atoms. The number of nitrogens with zero attached hydrogens (tertiary/aromatic N) is 1. The van der Waals surface area contributed by atoms with E-state index in [4.69, 9.17) is 0 Å². The Bertz CT molecular complexity index is 405. The van der Waals surface area contributed by atoms with E-state index in [1.165, 1.54) is 5.57 Å². The lowest BCUT2D eigenvalue weighted by atomic mass is 10.1. The summed E-state index contributed by atoms with van der Waals surface area (Å²) in [5, 5.41) is 9.57. The van der Waals surface area contributed by atoms with Crippen LogP contribution >= 0.6 is 0 Å². The number of hydrogen-bond donors (Lipinski definition) is 1. The maximum absolute atomic E-state index is 9.57. The fraction of sp³-hybridized carbons (Fsp3) is 0.250. The first-order valence-electron chi connectivity index (χ1n) is 4.77. The summed E-state index contributed by atoms with van der Waals surface area (Å²) in [6.07, 6.45) is 3.00. The molecule has 14 heavy (non-hydrogen) atoms. The van der Waals surface area contributed by atoms with E-state index in [9.17, 15) is 5.11 Å². The van der Waals surface area contributed by atoms with Gasteiger partial charge in [0.25, 0.3) is 0 Å². The molecule has 1 aromatic carbocycles. The molecule has 1 aliphatic heterocycles. The lowest BCUT2D eigenvalue weighted by Crippen LogP contribution is -1.89. The van der Waals surface area contributed by atoms with Crippen LogP contribution in [0.2, 0.25) is 0 Å². The van der Waals surface area contributed by atoms with Crippen LogP contribution in [0.25, 0.3) is 6.08 Å². The van der Waals surface area contributed by atoms with Crippen molar-refractivity contribution >= 4 is 11.8 Å². The number of hydrogen-bond acceptors (Lipinski definition) is 2. The molecule has 1 aliphatic rings. The van der Waals surface area contributed by atoms with Crippen molar-refractivity contribution in [3.05, 3.63) is 35.4 Å². The largest absolute Gasteiger partial charge is 0.507 e. The van der Waals surface area contributed by atoms with Gasteiger partial charge in [0, 0.05) is 17.8 Å². The number of phenols is 1. The highest BCUT2D eigenvalue weighted by atomic mass is 16.3. The van der Waals surface area contributed by atoms with Gasteiger partial charge in [0.1, 0.15) is 5.75 Å². The molecule has 0 aromatic heterocycles. The molecule has 1 N–H and O–H groups in total. The van der Waals surface area contributed by atoms with Crippen LogP contribution in [0.5, 0.6) is 5.75 Å². The van der Waals surface area contributed by atoms with E-state index < -0.39 is 0 Å². The van der Waals surface area contributed by atoms with Crippen LogP contribution in [-0.2, 0) is 0 Å². The fourth-order valence-corrected chi connectivity index (χ4v) is 1.60. The van der Waals surface area contributed by atoms with Crippen molar-refractivity contribution in [1.82, 2.24) is 0 Å². The van der Waals surface area contributed by atoms with E-state index in [1.54, 1.807) is 6.07 Å². The lowest BCUT2D eigenvalue weighted by Gasteiger charge is -2.00. The van der Waals surface area contributed by atoms with Gasteiger partial charge >= 0.3 is 0 Å². The van der Waals surface area contributed by atoms with Crippen LogP contribution in [0.4, 0.5) is 0 Å². The van der Waals surface area contributed by atoms with Gasteiger partial charge in [0.15, 0.2) is 0 Å². The van der Waals surface area contributed by atoms with Gasteiger partial charge in [-0.15, -0.1) is 0 Å². The van der Waals surface area contributed by atoms with Crippen molar-refractivity contribution in [2.45, 2.75) is 13.3 Å². The molecule has 0 fully saturated rings. The number of aromatic hydroxyl groups is 1. The first kappa shape index (κ1) is 9.00. The molecule has 0 bridgehead atoms. The Hall–Kier alpha value is -1.57. The van der Waals surface area contributed by atoms with Crippen LogP contribution < -0.4 is 0 Å². The minimum atomic E-state index is 0.333. The molecule has 1 heterocycles. The molecule has 72 valence electrons. The molecule has 0 radical (unpaired) electrons. The SMILES string of the molecule is CC1=NCC/C1=C\c1ccccc1O. The Morgan fingerprint density at radius 1 is 1.36 bits per heavy atom. The maximum atomic E-state index is 9.57. The third-order valence-electron chi connectivity index (χ3n) is 2.46. The second-order valence-electron chi connectivity index (χ2n) is 3.45. The molecule has 0 saturated carbocycles. The van der Waals surface area contributed by atoms with Crippen LogP contribution in [0.15, 0.2) is 34.8 Å². The Balaban J connectivity index is 2.34. The summed E-state index contributed by atoms with van der Waals surface area (Å²) in [5.74, 6) is 0.333. The van der Waals surface area contributed by atoms with E-state index in [1.807, 2.05) is 31.2 Å². The topological polar surface area (TPSA) is 32.6 Å². The second-order valence-corrected chi connectivity index (χ2v) is 3.45. The molecular weight excluding hydrogens is 174 g/mol. The third-order valence-corrected chi connectivity index (χ3v) is 2.46. The van der Waals surface area contributed by atoms with Crippen molar-refractivity contribution in [3.8, 4) is 5.75 Å². The summed E-state index contributed by atoms with van der Waals surface area (Å²) >= 11 is 0. The molecule has 0 saturated heterocycles. The predicted molar refractivity (Wildman–Crippen MR) is 58.7 cm³/mol. The quantitative estimate of drug-likeness (QED) is 0.720. The number of para-hydroxylation sites is 1. The average molecular weight is 187 g/mol. The van der Waals surface area contributed by atoms with Gasteiger partial charge in [-0.25, -0.2) is 0 Å². The van der Waals surface area contributed by atoms with Gasteiger partial charge < -0.3 is 5.11 Å². The Labute approximate surface area is 83.6 Å². The zero-order valence-electron chi connectivity index (χ0n) is 8.20. The standard InChI is InChI=1S/C12H13NO/c1-9-10(6-7-13-9)8-11-4-2-3-5-12(11)14/h2-5,8,14H,6-7H2,1H3/b10-8+. The van der Waals surface area contributed by atoms with Crippen molar-refractivity contribution < 1.29 is 5.11 Å². The maximum Gasteiger partial charge on any atom is 0.122 e. The highest BCUT2D eigenvalue weighted by Gasteiger charge is 2.08. The van der Waals surface area contributed by atoms with Gasteiger partial charge in [0.2, 0.25) is 0 Å². The molecule has 1 aromatic rings. The van der Waals surface area contributed by atoms with E-state index in [2.05, 4.69) is 4.99 Å². The number of benzene rings is 1. The third kappa shape index (κ3) is 1.69. The Morgan fingerprint density at radius 3 is 2.79 bits per heavy atom. The molecular formula is C12H13NO. The first-order valence-corrected chi connectivity index (χ1v) is 4.77. The van der Waals surface area contributed by atoms with Crippen molar-refractivity contribution in [2.24, 2.45) is 4.99 Å². The average Bonchev–Trinajstić information content (AvgIpc) is 2.56. The van der Waals surface area contributed by atoms with Crippen molar-refractivity contribution in [3.63, 3.8) is 0 Å². The van der Waals surface area contributed by atoms with Crippen LogP contribution in [-0.4, -0.2) is 17.4 Å². The summed E-state index contributed by atoms with van der Waals surface area (Å²) in [7, 11) is 0. The Kier molecular flexibility index (Phi) is 2.35. The summed E-state index contributed by atoms with van der Waals surface area (Å²) in [6, 6.07) is 7.36. The summed E-state index contributed by atoms with van der Waals surface area (Å²) in [6.45, 7) is 2.89. The summed E-state index contributed by atoms with van der Waals surface area (Å²) in [5.41, 5.74) is 3.19. The van der Waals surface area contributed by atoms with Crippen molar-refractivity contribution in [1.29, 1.82) is 0 Å². The molecule has 0 unspecified atom stereocenters. The number of phenolic OH excluding ortho intramolecular Hbond substituents is 1. The summed E-state index contributed by atoms with van der Waals surface area (Å²) in [4.78, 5) is 4.31. The minimum absolute atomic E-state index is 0.333. The smallest absolute Gasteiger partial charge is 0.122 e. The molecule has 2 heteroatoms. The van der Waals surface area contributed by atoms with Gasteiger partial charge in [-0.1, -0.05) is 18.2 Å². The van der Waals surface area contributed by atoms with Gasteiger partial charge in [-0.2, -0.15) is 0 Å². The highest BCUT2D eigenvalue weighted by molar-refractivity contribution is 6.03. The molecule has 2 nitrogen and oxygen atoms in total. The Morgan fingerprint density at radius 2 is 2.14 bits per heavy atom. The highest BCUT2D eigenvalue weighted by Crippen LogP contribution is 2.22. The normalized spacial score (nSPS) is 18.6. The summed E-state index contributed by atoms with van der Waals surface area (Å²) < 4.78 is 0. The van der Waals surface area contributed by atoms with Crippen LogP contribution in [0.1, 0.15) is 18.9 Å². The zero-order chi connectivity index (χ0) is 9.97. The fourth-order valence-electron chi connectivity index (χ4n) is 1.60.